The van der Waals surface area contributed by atoms with Crippen LogP contribution in [0.4, 0.5) is 32.0 Å². The van der Waals surface area contributed by atoms with E-state index in [1.807, 2.05) is 0 Å². The molecule has 256 valence electrons. The lowest BCUT2D eigenvalue weighted by Crippen LogP contribution is -2.48. The van der Waals surface area contributed by atoms with Crippen molar-refractivity contribution in [2.24, 2.45) is 5.92 Å². The molecule has 15 heteroatoms. The van der Waals surface area contributed by atoms with Crippen molar-refractivity contribution >= 4 is 23.4 Å². The molecule has 3 amide bonds. The molecule has 9 nitrogen and oxygen atoms in total. The summed E-state index contributed by atoms with van der Waals surface area (Å²) in [6.45, 7) is 5.00. The van der Waals surface area contributed by atoms with Crippen LogP contribution in [-0.4, -0.2) is 96.6 Å². The van der Waals surface area contributed by atoms with Gasteiger partial charge < -0.3 is 29.7 Å². The first-order chi connectivity index (χ1) is 20.9. The van der Waals surface area contributed by atoms with Gasteiger partial charge in [0.15, 0.2) is 0 Å². The van der Waals surface area contributed by atoms with Gasteiger partial charge in [-0.3, -0.25) is 14.4 Å². The molecule has 1 aromatic rings. The second-order valence-electron chi connectivity index (χ2n) is 11.6. The second-order valence-corrected chi connectivity index (χ2v) is 11.6. The third-order valence-corrected chi connectivity index (χ3v) is 7.47. The van der Waals surface area contributed by atoms with Gasteiger partial charge in [0.2, 0.25) is 11.8 Å². The van der Waals surface area contributed by atoms with Crippen molar-refractivity contribution in [3.8, 4) is 5.75 Å². The van der Waals surface area contributed by atoms with Crippen LogP contribution in [0.3, 0.4) is 0 Å². The Labute approximate surface area is 259 Å². The zero-order valence-electron chi connectivity index (χ0n) is 26.0. The fourth-order valence-electron chi connectivity index (χ4n) is 4.75. The maximum Gasteiger partial charge on any atom is 0.389 e. The maximum absolute atomic E-state index is 14.0. The van der Waals surface area contributed by atoms with E-state index in [1.165, 1.54) is 35.0 Å². The highest BCUT2D eigenvalue weighted by Gasteiger charge is 2.33. The minimum Gasteiger partial charge on any atom is -0.490 e. The number of likely N-dealkylation sites (N-methyl/N-ethyl adjacent to an activating group) is 1. The molecule has 0 unspecified atom stereocenters. The maximum atomic E-state index is 14.0. The van der Waals surface area contributed by atoms with Crippen LogP contribution in [0.15, 0.2) is 18.2 Å². The van der Waals surface area contributed by atoms with Crippen molar-refractivity contribution in [2.45, 2.75) is 96.3 Å². The topological polar surface area (TPSA) is 108 Å². The van der Waals surface area contributed by atoms with Gasteiger partial charge in [-0.2, -0.15) is 26.3 Å². The van der Waals surface area contributed by atoms with Gasteiger partial charge in [0.25, 0.3) is 5.91 Å². The summed E-state index contributed by atoms with van der Waals surface area (Å²) in [6, 6.07) is 3.46. The van der Waals surface area contributed by atoms with Gasteiger partial charge in [-0.1, -0.05) is 6.92 Å². The van der Waals surface area contributed by atoms with E-state index in [2.05, 4.69) is 5.32 Å². The van der Waals surface area contributed by atoms with Crippen LogP contribution < -0.4 is 10.1 Å². The number of carbonyl (C=O) groups is 3. The van der Waals surface area contributed by atoms with Crippen molar-refractivity contribution in [2.75, 3.05) is 38.7 Å². The first kappa shape index (κ1) is 38.1. The highest BCUT2D eigenvalue weighted by Crippen LogP contribution is 2.29. The number of rotatable bonds is 9. The van der Waals surface area contributed by atoms with Gasteiger partial charge in [-0.15, -0.1) is 0 Å². The molecule has 1 aromatic carbocycles. The quantitative estimate of drug-likeness (QED) is 0.337. The fourth-order valence-corrected chi connectivity index (χ4v) is 4.75. The fraction of sp³-hybridized carbons (Fsp3) is 0.700. The van der Waals surface area contributed by atoms with Crippen molar-refractivity contribution in [1.29, 1.82) is 0 Å². The van der Waals surface area contributed by atoms with Crippen molar-refractivity contribution < 1.29 is 55.3 Å². The van der Waals surface area contributed by atoms with Gasteiger partial charge in [-0.25, -0.2) is 0 Å². The first-order valence-electron chi connectivity index (χ1n) is 14.9. The van der Waals surface area contributed by atoms with E-state index in [1.54, 1.807) is 20.8 Å². The SMILES string of the molecule is C[C@H](CO)N1C[C@H](C)[C@@H](CN(C)C(=O)CCC(F)(F)F)OCCCC[C@H](C)Oc2ccc(NC(=O)CCC(F)(F)F)cc2C1=O. The molecule has 0 aliphatic carbocycles. The molecule has 4 atom stereocenters. The van der Waals surface area contributed by atoms with E-state index in [9.17, 15) is 45.8 Å². The predicted octanol–water partition coefficient (Wildman–Crippen LogP) is 5.56. The average molecular weight is 656 g/mol. The van der Waals surface area contributed by atoms with Crippen LogP contribution in [0.1, 0.15) is 76.1 Å². The third kappa shape index (κ3) is 13.4. The molecule has 1 aliphatic rings. The summed E-state index contributed by atoms with van der Waals surface area (Å²) in [5.74, 6) is -2.47. The number of anilines is 1. The lowest BCUT2D eigenvalue weighted by atomic mass is 10.0. The number of carbonyl (C=O) groups excluding carboxylic acids is 3. The molecule has 1 heterocycles. The molecular weight excluding hydrogens is 612 g/mol. The highest BCUT2D eigenvalue weighted by molar-refractivity contribution is 5.99. The Kier molecular flexibility index (Phi) is 14.4. The van der Waals surface area contributed by atoms with Crippen molar-refractivity contribution in [3.63, 3.8) is 0 Å². The zero-order valence-corrected chi connectivity index (χ0v) is 26.0. The largest absolute Gasteiger partial charge is 0.490 e. The van der Waals surface area contributed by atoms with Crippen molar-refractivity contribution in [1.82, 2.24) is 9.80 Å². The minimum atomic E-state index is -4.51. The molecule has 2 N–H and O–H groups in total. The zero-order chi connectivity index (χ0) is 33.9. The summed E-state index contributed by atoms with van der Waals surface area (Å²) >= 11 is 0. The van der Waals surface area contributed by atoms with Gasteiger partial charge >= 0.3 is 12.4 Å². The van der Waals surface area contributed by atoms with E-state index in [-0.39, 0.29) is 36.2 Å². The molecular formula is C30H43F6N3O6. The number of ether oxygens (including phenoxy) is 2. The summed E-state index contributed by atoms with van der Waals surface area (Å²) < 4.78 is 88.0. The van der Waals surface area contributed by atoms with E-state index in [4.69, 9.17) is 9.47 Å². The summed E-state index contributed by atoms with van der Waals surface area (Å²) in [5, 5.41) is 12.4. The first-order valence-corrected chi connectivity index (χ1v) is 14.9. The summed E-state index contributed by atoms with van der Waals surface area (Å²) in [7, 11) is 1.39. The van der Waals surface area contributed by atoms with Gasteiger partial charge in [0.1, 0.15) is 5.75 Å². The Morgan fingerprint density at radius 2 is 1.73 bits per heavy atom. The van der Waals surface area contributed by atoms with Crippen LogP contribution >= 0.6 is 0 Å². The second kappa shape index (κ2) is 17.0. The van der Waals surface area contributed by atoms with E-state index >= 15 is 0 Å². The standard InChI is InChI=1S/C30H43F6N3O6/c1-19-16-39(20(2)18-40)28(43)23-15-22(37-26(41)10-12-29(31,32)33)8-9-24(23)45-21(3)7-5-6-14-44-25(19)17-38(4)27(42)11-13-30(34,35)36/h8-9,15,19-21,25,40H,5-7,10-14,16-18H2,1-4H3,(H,37,41)/t19-,20+,21-,25+/m0/s1. The van der Waals surface area contributed by atoms with Crippen LogP contribution in [0, 0.1) is 5.92 Å². The normalized spacial score (nSPS) is 21.3. The molecule has 0 aromatic heterocycles. The Balaban J connectivity index is 2.39. The molecule has 0 radical (unpaired) electrons. The van der Waals surface area contributed by atoms with E-state index in [0.717, 1.165) is 0 Å². The Hall–Kier alpha value is -3.07. The highest BCUT2D eigenvalue weighted by atomic mass is 19.4. The number of benzene rings is 1. The molecule has 2 rings (SSSR count). The molecule has 0 bridgehead atoms. The molecule has 0 spiro atoms. The summed E-state index contributed by atoms with van der Waals surface area (Å²) in [4.78, 5) is 41.2. The Morgan fingerprint density at radius 1 is 1.09 bits per heavy atom. The molecule has 1 aliphatic heterocycles. The smallest absolute Gasteiger partial charge is 0.389 e. The number of fused-ring (bicyclic) bond motifs is 1. The lowest BCUT2D eigenvalue weighted by molar-refractivity contribution is -0.149. The average Bonchev–Trinajstić information content (AvgIpc) is 2.95. The number of nitrogens with zero attached hydrogens (tertiary/aromatic N) is 2. The number of nitrogens with one attached hydrogen (secondary N) is 1. The molecule has 0 saturated carbocycles. The van der Waals surface area contributed by atoms with Gasteiger partial charge in [-0.05, 0) is 51.3 Å². The van der Waals surface area contributed by atoms with Gasteiger partial charge in [0, 0.05) is 51.2 Å². The van der Waals surface area contributed by atoms with E-state index in [0.29, 0.717) is 25.9 Å². The van der Waals surface area contributed by atoms with Crippen LogP contribution in [0.2, 0.25) is 0 Å². The van der Waals surface area contributed by atoms with E-state index < -0.39 is 80.4 Å². The number of alkyl halides is 6. The number of aliphatic hydroxyl groups is 1. The number of hydrogen-bond acceptors (Lipinski definition) is 6. The van der Waals surface area contributed by atoms with Gasteiger partial charge in [0.05, 0.1) is 43.3 Å². The summed E-state index contributed by atoms with van der Waals surface area (Å²) in [6.07, 6.45) is -12.2. The van der Waals surface area contributed by atoms with Crippen LogP contribution in [-0.2, 0) is 14.3 Å². The Morgan fingerprint density at radius 3 is 2.36 bits per heavy atom. The molecule has 0 saturated heterocycles. The number of aliphatic hydroxyl groups excluding tert-OH is 1. The minimum absolute atomic E-state index is 0.00692. The lowest BCUT2D eigenvalue weighted by Gasteiger charge is -2.36. The number of hydrogen-bond donors (Lipinski definition) is 2. The number of amides is 3. The predicted molar refractivity (Wildman–Crippen MR) is 154 cm³/mol. The molecule has 0 fully saturated rings. The Bertz CT molecular complexity index is 1130. The summed E-state index contributed by atoms with van der Waals surface area (Å²) in [5.41, 5.74) is 0.0912. The molecule has 45 heavy (non-hydrogen) atoms. The van der Waals surface area contributed by atoms with Crippen molar-refractivity contribution in [3.05, 3.63) is 23.8 Å². The number of halogens is 6. The third-order valence-electron chi connectivity index (χ3n) is 7.47. The monoisotopic (exact) mass is 655 g/mol. The van der Waals surface area contributed by atoms with Crippen LogP contribution in [0.5, 0.6) is 5.75 Å². The van der Waals surface area contributed by atoms with Crippen LogP contribution in [0.25, 0.3) is 0 Å².